The Morgan fingerprint density at radius 2 is 2.22 bits per heavy atom. The van der Waals surface area contributed by atoms with Crippen LogP contribution in [0.2, 0.25) is 10.0 Å². The standard InChI is InChI=1S/C16H22Cl2N2O2.ClH/c1-11-8-12(4-5-19-11)16(21)20-6-7-22-10-13-2-3-14(17)9-15(13)18;/h2-3,9,11-12,19H,4-8,10H2,1H3,(H,20,21);1H/t11-,12-;/m0./s1. The Bertz CT molecular complexity index is 514. The molecule has 1 aromatic rings. The number of ether oxygens (including phenoxy) is 1. The molecule has 2 rings (SSSR count). The van der Waals surface area contributed by atoms with Crippen LogP contribution in [0.1, 0.15) is 25.3 Å². The van der Waals surface area contributed by atoms with Crippen molar-refractivity contribution < 1.29 is 9.53 Å². The van der Waals surface area contributed by atoms with E-state index in [0.29, 0.717) is 35.8 Å². The van der Waals surface area contributed by atoms with Crippen molar-refractivity contribution in [2.75, 3.05) is 19.7 Å². The molecule has 1 saturated heterocycles. The second-order valence-corrected chi connectivity index (χ2v) is 6.50. The smallest absolute Gasteiger partial charge is 0.223 e. The molecule has 1 fully saturated rings. The first-order chi connectivity index (χ1) is 10.6. The summed E-state index contributed by atoms with van der Waals surface area (Å²) in [6.07, 6.45) is 1.80. The first-order valence-electron chi connectivity index (χ1n) is 7.59. The zero-order valence-electron chi connectivity index (χ0n) is 13.1. The van der Waals surface area contributed by atoms with E-state index >= 15 is 0 Å². The first kappa shape index (κ1) is 20.5. The molecule has 0 bridgehead atoms. The van der Waals surface area contributed by atoms with Gasteiger partial charge in [-0.2, -0.15) is 0 Å². The predicted molar refractivity (Wildman–Crippen MR) is 96.6 cm³/mol. The molecule has 4 nitrogen and oxygen atoms in total. The molecule has 0 unspecified atom stereocenters. The van der Waals surface area contributed by atoms with Crippen molar-refractivity contribution in [2.45, 2.75) is 32.4 Å². The van der Waals surface area contributed by atoms with E-state index < -0.39 is 0 Å². The maximum Gasteiger partial charge on any atom is 0.223 e. The first-order valence-corrected chi connectivity index (χ1v) is 8.34. The topological polar surface area (TPSA) is 50.4 Å². The van der Waals surface area contributed by atoms with Gasteiger partial charge in [-0.3, -0.25) is 4.79 Å². The molecule has 1 aliphatic heterocycles. The van der Waals surface area contributed by atoms with Crippen molar-refractivity contribution in [1.82, 2.24) is 10.6 Å². The highest BCUT2D eigenvalue weighted by Gasteiger charge is 2.24. The van der Waals surface area contributed by atoms with E-state index in [0.717, 1.165) is 24.9 Å². The summed E-state index contributed by atoms with van der Waals surface area (Å²) in [6, 6.07) is 5.74. The molecule has 2 N–H and O–H groups in total. The largest absolute Gasteiger partial charge is 0.375 e. The van der Waals surface area contributed by atoms with Gasteiger partial charge in [0.1, 0.15) is 0 Å². The van der Waals surface area contributed by atoms with Crippen molar-refractivity contribution in [3.63, 3.8) is 0 Å². The van der Waals surface area contributed by atoms with Crippen LogP contribution in [0.25, 0.3) is 0 Å². The third-order valence-corrected chi connectivity index (χ3v) is 4.40. The van der Waals surface area contributed by atoms with Crippen LogP contribution in [0.15, 0.2) is 18.2 Å². The molecule has 1 amide bonds. The van der Waals surface area contributed by atoms with Crippen molar-refractivity contribution in [2.24, 2.45) is 5.92 Å². The molecule has 7 heteroatoms. The molecule has 0 spiro atoms. The van der Waals surface area contributed by atoms with Crippen molar-refractivity contribution in [3.8, 4) is 0 Å². The lowest BCUT2D eigenvalue weighted by Crippen LogP contribution is -2.43. The number of benzene rings is 1. The van der Waals surface area contributed by atoms with Crippen LogP contribution in [0, 0.1) is 5.92 Å². The molecular weight excluding hydrogens is 359 g/mol. The van der Waals surface area contributed by atoms with Crippen LogP contribution in [0.3, 0.4) is 0 Å². The van der Waals surface area contributed by atoms with E-state index in [1.807, 2.05) is 6.07 Å². The summed E-state index contributed by atoms with van der Waals surface area (Å²) in [4.78, 5) is 12.0. The van der Waals surface area contributed by atoms with Crippen molar-refractivity contribution in [1.29, 1.82) is 0 Å². The van der Waals surface area contributed by atoms with E-state index in [4.69, 9.17) is 27.9 Å². The Morgan fingerprint density at radius 3 is 2.91 bits per heavy atom. The van der Waals surface area contributed by atoms with E-state index in [2.05, 4.69) is 17.6 Å². The number of carbonyl (C=O) groups excluding carboxylic acids is 1. The van der Waals surface area contributed by atoms with Gasteiger partial charge in [0.2, 0.25) is 5.91 Å². The van der Waals surface area contributed by atoms with Gasteiger partial charge < -0.3 is 15.4 Å². The number of nitrogens with one attached hydrogen (secondary N) is 2. The second kappa shape index (κ2) is 10.4. The normalized spacial score (nSPS) is 20.7. The zero-order chi connectivity index (χ0) is 15.9. The average Bonchev–Trinajstić information content (AvgIpc) is 2.48. The Morgan fingerprint density at radius 1 is 1.43 bits per heavy atom. The van der Waals surface area contributed by atoms with Gasteiger partial charge in [0.15, 0.2) is 0 Å². The zero-order valence-corrected chi connectivity index (χ0v) is 15.4. The third-order valence-electron chi connectivity index (χ3n) is 3.81. The number of halogens is 3. The van der Waals surface area contributed by atoms with E-state index in [1.165, 1.54) is 0 Å². The van der Waals surface area contributed by atoms with Gasteiger partial charge in [-0.25, -0.2) is 0 Å². The molecule has 0 aliphatic carbocycles. The minimum absolute atomic E-state index is 0. The van der Waals surface area contributed by atoms with Crippen LogP contribution in [0.4, 0.5) is 0 Å². The molecule has 0 radical (unpaired) electrons. The van der Waals surface area contributed by atoms with Crippen LogP contribution < -0.4 is 10.6 Å². The summed E-state index contributed by atoms with van der Waals surface area (Å²) < 4.78 is 5.54. The Kier molecular flexibility index (Phi) is 9.25. The highest BCUT2D eigenvalue weighted by atomic mass is 35.5. The lowest BCUT2D eigenvalue weighted by Gasteiger charge is -2.27. The Balaban J connectivity index is 0.00000264. The molecule has 1 heterocycles. The summed E-state index contributed by atoms with van der Waals surface area (Å²) in [7, 11) is 0. The third kappa shape index (κ3) is 6.86. The molecule has 0 aromatic heterocycles. The summed E-state index contributed by atoms with van der Waals surface area (Å²) in [6.45, 7) is 4.41. The summed E-state index contributed by atoms with van der Waals surface area (Å²) in [5.74, 6) is 0.239. The number of rotatable bonds is 6. The minimum atomic E-state index is 0. The van der Waals surface area contributed by atoms with Gasteiger partial charge in [0, 0.05) is 28.5 Å². The lowest BCUT2D eigenvalue weighted by molar-refractivity contribution is -0.126. The maximum absolute atomic E-state index is 12.0. The fourth-order valence-corrected chi connectivity index (χ4v) is 3.04. The monoisotopic (exact) mass is 380 g/mol. The molecule has 1 aliphatic rings. The Labute approximate surface area is 153 Å². The fourth-order valence-electron chi connectivity index (χ4n) is 2.58. The molecule has 1 aromatic carbocycles. The molecule has 0 saturated carbocycles. The van der Waals surface area contributed by atoms with Gasteiger partial charge in [0.05, 0.1) is 13.2 Å². The summed E-state index contributed by atoms with van der Waals surface area (Å²) >= 11 is 11.9. The molecule has 130 valence electrons. The Hall–Kier alpha value is -0.520. The van der Waals surface area contributed by atoms with E-state index in [1.54, 1.807) is 12.1 Å². The van der Waals surface area contributed by atoms with Crippen LogP contribution in [-0.2, 0) is 16.1 Å². The lowest BCUT2D eigenvalue weighted by atomic mass is 9.92. The van der Waals surface area contributed by atoms with Crippen LogP contribution >= 0.6 is 35.6 Å². The van der Waals surface area contributed by atoms with Gasteiger partial charge in [-0.15, -0.1) is 12.4 Å². The number of carbonyl (C=O) groups is 1. The average molecular weight is 382 g/mol. The number of piperidine rings is 1. The highest BCUT2D eigenvalue weighted by molar-refractivity contribution is 6.35. The van der Waals surface area contributed by atoms with Crippen LogP contribution in [0.5, 0.6) is 0 Å². The highest BCUT2D eigenvalue weighted by Crippen LogP contribution is 2.21. The molecule has 23 heavy (non-hydrogen) atoms. The van der Waals surface area contributed by atoms with Crippen molar-refractivity contribution in [3.05, 3.63) is 33.8 Å². The number of hydrogen-bond acceptors (Lipinski definition) is 3. The summed E-state index contributed by atoms with van der Waals surface area (Å²) in [5, 5.41) is 7.49. The maximum atomic E-state index is 12.0. The minimum Gasteiger partial charge on any atom is -0.375 e. The molecular formula is C16H23Cl3N2O2. The quantitative estimate of drug-likeness (QED) is 0.742. The van der Waals surface area contributed by atoms with Crippen LogP contribution in [-0.4, -0.2) is 31.6 Å². The van der Waals surface area contributed by atoms with Gasteiger partial charge >= 0.3 is 0 Å². The number of amides is 1. The summed E-state index contributed by atoms with van der Waals surface area (Å²) in [5.41, 5.74) is 0.893. The van der Waals surface area contributed by atoms with Gasteiger partial charge in [-0.05, 0) is 44.0 Å². The predicted octanol–water partition coefficient (Wildman–Crippen LogP) is 3.44. The fraction of sp³-hybridized carbons (Fsp3) is 0.562. The van der Waals surface area contributed by atoms with Crippen molar-refractivity contribution >= 4 is 41.5 Å². The SMILES string of the molecule is C[C@H]1C[C@@H](C(=O)NCCOCc2ccc(Cl)cc2Cl)CCN1.Cl. The second-order valence-electron chi connectivity index (χ2n) is 5.66. The number of hydrogen-bond donors (Lipinski definition) is 2. The molecule has 2 atom stereocenters. The van der Waals surface area contributed by atoms with E-state index in [-0.39, 0.29) is 24.2 Å². The van der Waals surface area contributed by atoms with Gasteiger partial charge in [0.25, 0.3) is 0 Å². The van der Waals surface area contributed by atoms with Gasteiger partial charge in [-0.1, -0.05) is 29.3 Å². The van der Waals surface area contributed by atoms with E-state index in [9.17, 15) is 4.79 Å².